The summed E-state index contributed by atoms with van der Waals surface area (Å²) in [6, 6.07) is 8.61. The summed E-state index contributed by atoms with van der Waals surface area (Å²) in [5, 5.41) is 3.04. The van der Waals surface area contributed by atoms with Crippen molar-refractivity contribution in [3.63, 3.8) is 0 Å². The number of nitrogens with two attached hydrogens (primary N) is 1. The van der Waals surface area contributed by atoms with Gasteiger partial charge >= 0.3 is 0 Å². The van der Waals surface area contributed by atoms with Gasteiger partial charge in [0.05, 0.1) is 6.04 Å². The zero-order chi connectivity index (χ0) is 15.0. The number of carbonyl (C=O) groups excluding carboxylic acids is 1. The molecule has 1 rings (SSSR count). The standard InChI is InChI=1S/C17H28N2O/c1-13(2)12-15-7-9-16(10-8-15)14(3)19-17(20)6-4-5-11-18/h7-10,13-14H,4-6,11-12,18H2,1-3H3,(H,19,20). The van der Waals surface area contributed by atoms with Crippen molar-refractivity contribution in [2.75, 3.05) is 6.54 Å². The molecule has 1 unspecified atom stereocenters. The molecule has 1 amide bonds. The van der Waals surface area contributed by atoms with Crippen LogP contribution in [0.2, 0.25) is 0 Å². The predicted molar refractivity (Wildman–Crippen MR) is 84.4 cm³/mol. The number of amides is 1. The van der Waals surface area contributed by atoms with Crippen LogP contribution in [-0.2, 0) is 11.2 Å². The molecule has 0 aliphatic heterocycles. The van der Waals surface area contributed by atoms with Crippen LogP contribution in [0.3, 0.4) is 0 Å². The van der Waals surface area contributed by atoms with E-state index in [2.05, 4.69) is 43.4 Å². The van der Waals surface area contributed by atoms with Crippen molar-refractivity contribution in [1.82, 2.24) is 5.32 Å². The van der Waals surface area contributed by atoms with Gasteiger partial charge in [0, 0.05) is 6.42 Å². The molecule has 1 aromatic carbocycles. The third kappa shape index (κ3) is 6.20. The molecule has 0 aliphatic carbocycles. The largest absolute Gasteiger partial charge is 0.350 e. The van der Waals surface area contributed by atoms with E-state index < -0.39 is 0 Å². The van der Waals surface area contributed by atoms with Crippen LogP contribution < -0.4 is 11.1 Å². The lowest BCUT2D eigenvalue weighted by Crippen LogP contribution is -2.26. The topological polar surface area (TPSA) is 55.1 Å². The number of rotatable bonds is 8. The zero-order valence-electron chi connectivity index (χ0n) is 13.0. The van der Waals surface area contributed by atoms with Crippen LogP contribution in [0.15, 0.2) is 24.3 Å². The molecular formula is C17H28N2O. The fraction of sp³-hybridized carbons (Fsp3) is 0.588. The van der Waals surface area contributed by atoms with Gasteiger partial charge in [0.15, 0.2) is 0 Å². The highest BCUT2D eigenvalue weighted by Gasteiger charge is 2.09. The molecule has 3 heteroatoms. The maximum atomic E-state index is 11.8. The average Bonchev–Trinajstić information content (AvgIpc) is 2.39. The SMILES string of the molecule is CC(C)Cc1ccc(C(C)NC(=O)CCCCN)cc1. The number of benzene rings is 1. The molecule has 0 bridgehead atoms. The second-order valence-electron chi connectivity index (χ2n) is 5.87. The van der Waals surface area contributed by atoms with E-state index in [-0.39, 0.29) is 11.9 Å². The average molecular weight is 276 g/mol. The Morgan fingerprint density at radius 1 is 1.15 bits per heavy atom. The second-order valence-corrected chi connectivity index (χ2v) is 5.87. The Labute approximate surface area is 122 Å². The Balaban J connectivity index is 2.46. The van der Waals surface area contributed by atoms with E-state index in [9.17, 15) is 4.79 Å². The van der Waals surface area contributed by atoms with Crippen LogP contribution in [0.25, 0.3) is 0 Å². The lowest BCUT2D eigenvalue weighted by atomic mass is 10.00. The normalized spacial score (nSPS) is 12.4. The van der Waals surface area contributed by atoms with Crippen LogP contribution in [0.1, 0.15) is 57.2 Å². The molecule has 0 aromatic heterocycles. The predicted octanol–water partition coefficient (Wildman–Crippen LogP) is 3.19. The van der Waals surface area contributed by atoms with E-state index in [1.807, 2.05) is 6.92 Å². The van der Waals surface area contributed by atoms with E-state index in [1.165, 1.54) is 5.56 Å². The van der Waals surface area contributed by atoms with Crippen molar-refractivity contribution >= 4 is 5.91 Å². The monoisotopic (exact) mass is 276 g/mol. The van der Waals surface area contributed by atoms with Gasteiger partial charge < -0.3 is 11.1 Å². The van der Waals surface area contributed by atoms with Crippen molar-refractivity contribution in [3.05, 3.63) is 35.4 Å². The number of carbonyl (C=O) groups is 1. The molecule has 1 aromatic rings. The first-order valence-electron chi connectivity index (χ1n) is 7.61. The summed E-state index contributed by atoms with van der Waals surface area (Å²) in [5.74, 6) is 0.776. The first kappa shape index (κ1) is 16.7. The third-order valence-electron chi connectivity index (χ3n) is 3.36. The van der Waals surface area contributed by atoms with Gasteiger partial charge in [-0.2, -0.15) is 0 Å². The van der Waals surface area contributed by atoms with Crippen LogP contribution in [-0.4, -0.2) is 12.5 Å². The molecular weight excluding hydrogens is 248 g/mol. The fourth-order valence-electron chi connectivity index (χ4n) is 2.24. The maximum absolute atomic E-state index is 11.8. The third-order valence-corrected chi connectivity index (χ3v) is 3.36. The van der Waals surface area contributed by atoms with Crippen LogP contribution in [0.5, 0.6) is 0 Å². The number of unbranched alkanes of at least 4 members (excludes halogenated alkanes) is 1. The molecule has 0 fully saturated rings. The highest BCUT2D eigenvalue weighted by Crippen LogP contribution is 2.15. The molecule has 0 spiro atoms. The number of nitrogens with one attached hydrogen (secondary N) is 1. The fourth-order valence-corrected chi connectivity index (χ4v) is 2.24. The molecule has 0 saturated carbocycles. The summed E-state index contributed by atoms with van der Waals surface area (Å²) in [4.78, 5) is 11.8. The van der Waals surface area contributed by atoms with Gasteiger partial charge in [0.25, 0.3) is 0 Å². The molecule has 3 nitrogen and oxygen atoms in total. The summed E-state index contributed by atoms with van der Waals surface area (Å²) in [7, 11) is 0. The molecule has 3 N–H and O–H groups in total. The first-order valence-corrected chi connectivity index (χ1v) is 7.61. The van der Waals surface area contributed by atoms with Crippen molar-refractivity contribution in [1.29, 1.82) is 0 Å². The van der Waals surface area contributed by atoms with Crippen molar-refractivity contribution in [2.45, 2.75) is 52.5 Å². The lowest BCUT2D eigenvalue weighted by Gasteiger charge is -2.15. The van der Waals surface area contributed by atoms with Gasteiger partial charge in [-0.1, -0.05) is 38.1 Å². The minimum absolute atomic E-state index is 0.0634. The van der Waals surface area contributed by atoms with Gasteiger partial charge in [-0.25, -0.2) is 0 Å². The van der Waals surface area contributed by atoms with Crippen LogP contribution in [0.4, 0.5) is 0 Å². The Kier molecular flexibility index (Phi) is 7.31. The zero-order valence-corrected chi connectivity index (χ0v) is 13.0. The maximum Gasteiger partial charge on any atom is 0.220 e. The minimum Gasteiger partial charge on any atom is -0.350 e. The van der Waals surface area contributed by atoms with E-state index in [0.29, 0.717) is 18.9 Å². The Morgan fingerprint density at radius 3 is 2.35 bits per heavy atom. The highest BCUT2D eigenvalue weighted by molar-refractivity contribution is 5.76. The van der Waals surface area contributed by atoms with Gasteiger partial charge in [-0.15, -0.1) is 0 Å². The van der Waals surface area contributed by atoms with E-state index in [1.54, 1.807) is 0 Å². The molecule has 0 radical (unpaired) electrons. The first-order chi connectivity index (χ1) is 9.52. The summed E-state index contributed by atoms with van der Waals surface area (Å²) < 4.78 is 0. The Morgan fingerprint density at radius 2 is 1.80 bits per heavy atom. The number of hydrogen-bond acceptors (Lipinski definition) is 2. The quantitative estimate of drug-likeness (QED) is 0.716. The Bertz CT molecular complexity index is 398. The van der Waals surface area contributed by atoms with E-state index >= 15 is 0 Å². The van der Waals surface area contributed by atoms with Gasteiger partial charge in [0.1, 0.15) is 0 Å². The lowest BCUT2D eigenvalue weighted by molar-refractivity contribution is -0.121. The molecule has 1 atom stereocenters. The summed E-state index contributed by atoms with van der Waals surface area (Å²) in [5.41, 5.74) is 7.93. The van der Waals surface area contributed by atoms with Gasteiger partial charge in [0.2, 0.25) is 5.91 Å². The van der Waals surface area contributed by atoms with Crippen LogP contribution in [0, 0.1) is 5.92 Å². The van der Waals surface area contributed by atoms with Crippen molar-refractivity contribution < 1.29 is 4.79 Å². The number of hydrogen-bond donors (Lipinski definition) is 2. The summed E-state index contributed by atoms with van der Waals surface area (Å²) >= 11 is 0. The van der Waals surface area contributed by atoms with Gasteiger partial charge in [-0.05, 0) is 49.8 Å². The smallest absolute Gasteiger partial charge is 0.220 e. The highest BCUT2D eigenvalue weighted by atomic mass is 16.1. The molecule has 0 saturated heterocycles. The van der Waals surface area contributed by atoms with E-state index in [4.69, 9.17) is 5.73 Å². The second kappa shape index (κ2) is 8.75. The van der Waals surface area contributed by atoms with Gasteiger partial charge in [-0.3, -0.25) is 4.79 Å². The van der Waals surface area contributed by atoms with Crippen molar-refractivity contribution in [3.8, 4) is 0 Å². The molecule has 0 heterocycles. The minimum atomic E-state index is 0.0634. The summed E-state index contributed by atoms with van der Waals surface area (Å²) in [6.07, 6.45) is 3.43. The molecule has 0 aliphatic rings. The van der Waals surface area contributed by atoms with E-state index in [0.717, 1.165) is 24.8 Å². The molecule has 20 heavy (non-hydrogen) atoms. The Hall–Kier alpha value is -1.35. The molecule has 112 valence electrons. The van der Waals surface area contributed by atoms with Crippen molar-refractivity contribution in [2.24, 2.45) is 11.7 Å². The summed E-state index contributed by atoms with van der Waals surface area (Å²) in [6.45, 7) is 7.12. The van der Waals surface area contributed by atoms with Crippen LogP contribution >= 0.6 is 0 Å².